The Morgan fingerprint density at radius 2 is 1.76 bits per heavy atom. The van der Waals surface area contributed by atoms with Crippen LogP contribution in [0.5, 0.6) is 11.5 Å². The van der Waals surface area contributed by atoms with Crippen LogP contribution in [0.3, 0.4) is 0 Å². The van der Waals surface area contributed by atoms with E-state index >= 15 is 0 Å². The SMILES string of the molecule is COc1cc(C)c(NC(=O)c2cnn(C)c2-n2cccc2)cc1OC. The summed E-state index contributed by atoms with van der Waals surface area (Å²) >= 11 is 0. The number of methoxy groups -OCH3 is 2. The van der Waals surface area contributed by atoms with Gasteiger partial charge in [-0.1, -0.05) is 0 Å². The average molecular weight is 340 g/mol. The van der Waals surface area contributed by atoms with Crippen molar-refractivity contribution in [1.29, 1.82) is 0 Å². The normalized spacial score (nSPS) is 10.6. The summed E-state index contributed by atoms with van der Waals surface area (Å²) in [4.78, 5) is 12.8. The second kappa shape index (κ2) is 6.72. The van der Waals surface area contributed by atoms with Crippen molar-refractivity contribution in [2.24, 2.45) is 7.05 Å². The molecule has 0 bridgehead atoms. The molecule has 0 fully saturated rings. The van der Waals surface area contributed by atoms with E-state index in [0.717, 1.165) is 5.56 Å². The highest BCUT2D eigenvalue weighted by molar-refractivity contribution is 6.06. The lowest BCUT2D eigenvalue weighted by atomic mass is 10.1. The molecule has 2 aromatic heterocycles. The Morgan fingerprint density at radius 3 is 2.40 bits per heavy atom. The van der Waals surface area contributed by atoms with Crippen LogP contribution >= 0.6 is 0 Å². The zero-order valence-corrected chi connectivity index (χ0v) is 14.6. The summed E-state index contributed by atoms with van der Waals surface area (Å²) in [5.74, 6) is 1.63. The van der Waals surface area contributed by atoms with Crippen molar-refractivity contribution in [2.75, 3.05) is 19.5 Å². The second-order valence-electron chi connectivity index (χ2n) is 5.57. The van der Waals surface area contributed by atoms with Gasteiger partial charge in [0, 0.05) is 31.2 Å². The first-order valence-electron chi connectivity index (χ1n) is 7.74. The molecule has 130 valence electrons. The molecule has 1 N–H and O–H groups in total. The molecule has 0 aliphatic rings. The van der Waals surface area contributed by atoms with Crippen LogP contribution in [0.4, 0.5) is 5.69 Å². The quantitative estimate of drug-likeness (QED) is 0.775. The molecule has 3 rings (SSSR count). The second-order valence-corrected chi connectivity index (χ2v) is 5.57. The van der Waals surface area contributed by atoms with Gasteiger partial charge in [0.1, 0.15) is 11.4 Å². The maximum absolute atomic E-state index is 12.8. The van der Waals surface area contributed by atoms with Crippen molar-refractivity contribution < 1.29 is 14.3 Å². The number of hydrogen-bond acceptors (Lipinski definition) is 4. The summed E-state index contributed by atoms with van der Waals surface area (Å²) in [5, 5.41) is 7.14. The lowest BCUT2D eigenvalue weighted by Crippen LogP contribution is -2.15. The highest BCUT2D eigenvalue weighted by Gasteiger charge is 2.19. The van der Waals surface area contributed by atoms with Gasteiger partial charge in [0.15, 0.2) is 11.5 Å². The molecule has 0 unspecified atom stereocenters. The average Bonchev–Trinajstić information content (AvgIpc) is 3.25. The number of carbonyl (C=O) groups excluding carboxylic acids is 1. The molecule has 0 spiro atoms. The first kappa shape index (κ1) is 16.6. The molecule has 1 aromatic carbocycles. The van der Waals surface area contributed by atoms with Crippen molar-refractivity contribution in [3.05, 3.63) is 54.0 Å². The maximum Gasteiger partial charge on any atom is 0.261 e. The minimum absolute atomic E-state index is 0.243. The van der Waals surface area contributed by atoms with Crippen LogP contribution in [0.15, 0.2) is 42.9 Å². The predicted octanol–water partition coefficient (Wildman–Crippen LogP) is 2.79. The standard InChI is InChI=1S/C18H20N4O3/c1-12-9-15(24-3)16(25-4)10-14(12)20-17(23)13-11-19-21(2)18(13)22-7-5-6-8-22/h5-11H,1-4H3,(H,20,23). The lowest BCUT2D eigenvalue weighted by molar-refractivity contribution is 0.102. The third-order valence-electron chi connectivity index (χ3n) is 3.98. The summed E-state index contributed by atoms with van der Waals surface area (Å²) in [6, 6.07) is 7.36. The third kappa shape index (κ3) is 3.08. The van der Waals surface area contributed by atoms with Crippen LogP contribution in [0.1, 0.15) is 15.9 Å². The zero-order valence-electron chi connectivity index (χ0n) is 14.6. The number of ether oxygens (including phenoxy) is 2. The predicted molar refractivity (Wildman–Crippen MR) is 94.8 cm³/mol. The van der Waals surface area contributed by atoms with E-state index in [-0.39, 0.29) is 5.91 Å². The van der Waals surface area contributed by atoms with E-state index in [1.54, 1.807) is 38.2 Å². The van der Waals surface area contributed by atoms with Gasteiger partial charge in [0.2, 0.25) is 0 Å². The van der Waals surface area contributed by atoms with Gasteiger partial charge in [0.25, 0.3) is 5.91 Å². The summed E-state index contributed by atoms with van der Waals surface area (Å²) < 4.78 is 14.1. The first-order valence-corrected chi connectivity index (χ1v) is 7.74. The number of benzene rings is 1. The molecule has 7 nitrogen and oxygen atoms in total. The number of hydrogen-bond donors (Lipinski definition) is 1. The van der Waals surface area contributed by atoms with E-state index in [1.165, 1.54) is 0 Å². The van der Waals surface area contributed by atoms with Crippen LogP contribution in [-0.2, 0) is 7.05 Å². The highest BCUT2D eigenvalue weighted by atomic mass is 16.5. The molecular weight excluding hydrogens is 320 g/mol. The fourth-order valence-electron chi connectivity index (χ4n) is 2.68. The number of amides is 1. The smallest absolute Gasteiger partial charge is 0.261 e. The van der Waals surface area contributed by atoms with E-state index < -0.39 is 0 Å². The van der Waals surface area contributed by atoms with Gasteiger partial charge in [-0.05, 0) is 30.7 Å². The Bertz CT molecular complexity index is 897. The van der Waals surface area contributed by atoms with E-state index in [2.05, 4.69) is 10.4 Å². The molecule has 7 heteroatoms. The maximum atomic E-state index is 12.8. The number of nitrogens with zero attached hydrogens (tertiary/aromatic N) is 3. The molecule has 0 saturated heterocycles. The van der Waals surface area contributed by atoms with E-state index in [1.807, 2.05) is 42.1 Å². The Labute approximate surface area is 145 Å². The lowest BCUT2D eigenvalue weighted by Gasteiger charge is -2.14. The number of aromatic nitrogens is 3. The van der Waals surface area contributed by atoms with E-state index in [9.17, 15) is 4.79 Å². The Balaban J connectivity index is 1.94. The minimum atomic E-state index is -0.243. The fourth-order valence-corrected chi connectivity index (χ4v) is 2.68. The molecule has 1 amide bonds. The van der Waals surface area contributed by atoms with Crippen molar-refractivity contribution >= 4 is 11.6 Å². The van der Waals surface area contributed by atoms with Gasteiger partial charge in [0.05, 0.1) is 20.4 Å². The van der Waals surface area contributed by atoms with Crippen LogP contribution < -0.4 is 14.8 Å². The number of aryl methyl sites for hydroxylation is 2. The molecule has 0 atom stereocenters. The van der Waals surface area contributed by atoms with Crippen LogP contribution in [0, 0.1) is 6.92 Å². The third-order valence-corrected chi connectivity index (χ3v) is 3.98. The van der Waals surface area contributed by atoms with Crippen molar-refractivity contribution in [3.63, 3.8) is 0 Å². The van der Waals surface area contributed by atoms with Gasteiger partial charge in [-0.15, -0.1) is 0 Å². The summed E-state index contributed by atoms with van der Waals surface area (Å²) in [5.41, 5.74) is 2.01. The Kier molecular flexibility index (Phi) is 4.47. The topological polar surface area (TPSA) is 70.3 Å². The van der Waals surface area contributed by atoms with Gasteiger partial charge in [-0.25, -0.2) is 0 Å². The van der Waals surface area contributed by atoms with Crippen LogP contribution in [0.2, 0.25) is 0 Å². The van der Waals surface area contributed by atoms with Gasteiger partial charge < -0.3 is 19.4 Å². The molecule has 2 heterocycles. The Morgan fingerprint density at radius 1 is 1.12 bits per heavy atom. The monoisotopic (exact) mass is 340 g/mol. The zero-order chi connectivity index (χ0) is 18.0. The number of nitrogens with one attached hydrogen (secondary N) is 1. The molecule has 3 aromatic rings. The van der Waals surface area contributed by atoms with Gasteiger partial charge in [-0.2, -0.15) is 5.10 Å². The molecule has 0 aliphatic carbocycles. The number of anilines is 1. The van der Waals surface area contributed by atoms with Crippen molar-refractivity contribution in [3.8, 4) is 17.3 Å². The van der Waals surface area contributed by atoms with Gasteiger partial charge in [-0.3, -0.25) is 9.48 Å². The highest BCUT2D eigenvalue weighted by Crippen LogP contribution is 2.33. The number of rotatable bonds is 5. The molecule has 0 saturated carbocycles. The van der Waals surface area contributed by atoms with Crippen LogP contribution in [0.25, 0.3) is 5.82 Å². The van der Waals surface area contributed by atoms with Gasteiger partial charge >= 0.3 is 0 Å². The molecule has 25 heavy (non-hydrogen) atoms. The summed E-state index contributed by atoms with van der Waals surface area (Å²) in [6.07, 6.45) is 5.30. The fraction of sp³-hybridized carbons (Fsp3) is 0.222. The number of carbonyl (C=O) groups is 1. The first-order chi connectivity index (χ1) is 12.0. The minimum Gasteiger partial charge on any atom is -0.493 e. The molecular formula is C18H20N4O3. The van der Waals surface area contributed by atoms with Crippen molar-refractivity contribution in [1.82, 2.24) is 14.3 Å². The molecule has 0 radical (unpaired) electrons. The Hall–Kier alpha value is -3.22. The molecule has 0 aliphatic heterocycles. The van der Waals surface area contributed by atoms with E-state index in [0.29, 0.717) is 28.6 Å². The van der Waals surface area contributed by atoms with E-state index in [4.69, 9.17) is 9.47 Å². The van der Waals surface area contributed by atoms with Crippen LogP contribution in [-0.4, -0.2) is 34.5 Å². The largest absolute Gasteiger partial charge is 0.493 e. The summed E-state index contributed by atoms with van der Waals surface area (Å²) in [7, 11) is 4.94. The van der Waals surface area contributed by atoms with Crippen molar-refractivity contribution in [2.45, 2.75) is 6.92 Å². The summed E-state index contributed by atoms with van der Waals surface area (Å²) in [6.45, 7) is 1.90.